The highest BCUT2D eigenvalue weighted by molar-refractivity contribution is 9.11. The summed E-state index contributed by atoms with van der Waals surface area (Å²) in [5.74, 6) is 0. The Morgan fingerprint density at radius 1 is 1.42 bits per heavy atom. The van der Waals surface area contributed by atoms with Crippen LogP contribution in [0.5, 0.6) is 0 Å². The fourth-order valence-corrected chi connectivity index (χ4v) is 5.30. The van der Waals surface area contributed by atoms with Gasteiger partial charge in [-0.25, -0.2) is 0 Å². The highest BCUT2D eigenvalue weighted by atomic mass is 79.9. The van der Waals surface area contributed by atoms with Crippen LogP contribution >= 0.6 is 38.9 Å². The first-order valence-electron chi connectivity index (χ1n) is 7.31. The number of nitrogens with one attached hydrogen (secondary N) is 1. The maximum Gasteiger partial charge on any atom is 0.0888 e. The van der Waals surface area contributed by atoms with Crippen LogP contribution in [-0.2, 0) is 0 Å². The fraction of sp³-hybridized carbons (Fsp3) is 0.733. The molecule has 0 amide bonds. The molecule has 1 aromatic rings. The minimum atomic E-state index is 0.433. The molecule has 1 fully saturated rings. The van der Waals surface area contributed by atoms with Crippen LogP contribution in [0.15, 0.2) is 9.85 Å². The predicted molar refractivity (Wildman–Crippen MR) is 89.3 cm³/mol. The number of hydrogen-bond donors (Lipinski definition) is 1. The number of hydrogen-bond acceptors (Lipinski definition) is 2. The molecule has 1 aliphatic rings. The standard InChI is InChI=1S/C15H23BrClNS/c1-3-9-18-13(12-10-11(17)14(16)19-12)15(4-2)7-5-6-8-15/h10,13,18H,3-9H2,1-2H3. The van der Waals surface area contributed by atoms with Gasteiger partial charge in [-0.2, -0.15) is 0 Å². The van der Waals surface area contributed by atoms with E-state index >= 15 is 0 Å². The van der Waals surface area contributed by atoms with Gasteiger partial charge in [-0.3, -0.25) is 0 Å². The summed E-state index contributed by atoms with van der Waals surface area (Å²) in [6, 6.07) is 2.62. The molecular weight excluding hydrogens is 342 g/mol. The van der Waals surface area contributed by atoms with E-state index in [0.717, 1.165) is 15.4 Å². The maximum absolute atomic E-state index is 6.24. The summed E-state index contributed by atoms with van der Waals surface area (Å²) in [5.41, 5.74) is 0.433. The van der Waals surface area contributed by atoms with Gasteiger partial charge in [-0.05, 0) is 59.6 Å². The molecule has 1 atom stereocenters. The smallest absolute Gasteiger partial charge is 0.0888 e. The first kappa shape index (κ1) is 15.8. The first-order chi connectivity index (χ1) is 9.13. The lowest BCUT2D eigenvalue weighted by molar-refractivity contribution is 0.190. The number of thiophene rings is 1. The quantitative estimate of drug-likeness (QED) is 0.636. The molecule has 1 aliphatic carbocycles. The van der Waals surface area contributed by atoms with Crippen molar-refractivity contribution in [3.8, 4) is 0 Å². The average molecular weight is 365 g/mol. The van der Waals surface area contributed by atoms with Crippen molar-refractivity contribution in [3.05, 3.63) is 19.8 Å². The van der Waals surface area contributed by atoms with Gasteiger partial charge < -0.3 is 5.32 Å². The summed E-state index contributed by atoms with van der Waals surface area (Å²) in [7, 11) is 0. The molecule has 1 unspecified atom stereocenters. The molecule has 1 saturated carbocycles. The minimum Gasteiger partial charge on any atom is -0.309 e. The van der Waals surface area contributed by atoms with Gasteiger partial charge >= 0.3 is 0 Å². The lowest BCUT2D eigenvalue weighted by atomic mass is 9.75. The Labute approximate surface area is 134 Å². The minimum absolute atomic E-state index is 0.433. The first-order valence-corrected chi connectivity index (χ1v) is 9.30. The summed E-state index contributed by atoms with van der Waals surface area (Å²) < 4.78 is 1.07. The summed E-state index contributed by atoms with van der Waals surface area (Å²) in [4.78, 5) is 1.40. The van der Waals surface area contributed by atoms with Crippen LogP contribution in [0.3, 0.4) is 0 Å². The fourth-order valence-electron chi connectivity index (χ4n) is 3.34. The zero-order valence-corrected chi connectivity index (χ0v) is 14.9. The Morgan fingerprint density at radius 2 is 2.11 bits per heavy atom. The van der Waals surface area contributed by atoms with Crippen molar-refractivity contribution in [2.45, 2.75) is 58.4 Å². The zero-order chi connectivity index (χ0) is 13.9. The van der Waals surface area contributed by atoms with Crippen molar-refractivity contribution in [2.75, 3.05) is 6.54 Å². The normalized spacial score (nSPS) is 19.8. The van der Waals surface area contributed by atoms with Crippen molar-refractivity contribution < 1.29 is 0 Å². The Hall–Kier alpha value is 0.430. The SMILES string of the molecule is CCCNC(c1cc(Cl)c(Br)s1)C1(CC)CCCC1. The van der Waals surface area contributed by atoms with Gasteiger partial charge in [0.1, 0.15) is 0 Å². The topological polar surface area (TPSA) is 12.0 Å². The van der Waals surface area contributed by atoms with Gasteiger partial charge in [0.2, 0.25) is 0 Å². The summed E-state index contributed by atoms with van der Waals surface area (Å²) in [5, 5.41) is 4.65. The van der Waals surface area contributed by atoms with Crippen LogP contribution in [0, 0.1) is 5.41 Å². The van der Waals surface area contributed by atoms with E-state index in [1.807, 2.05) is 0 Å². The van der Waals surface area contributed by atoms with Crippen molar-refractivity contribution in [1.29, 1.82) is 0 Å². The summed E-state index contributed by atoms with van der Waals surface area (Å²) >= 11 is 11.6. The Bertz CT molecular complexity index is 393. The molecule has 0 spiro atoms. The Kier molecular flexibility index (Phi) is 5.77. The summed E-state index contributed by atoms with van der Waals surface area (Å²) in [6.07, 6.45) is 7.87. The van der Waals surface area contributed by atoms with E-state index in [2.05, 4.69) is 41.2 Å². The zero-order valence-electron chi connectivity index (χ0n) is 11.8. The van der Waals surface area contributed by atoms with Crippen LogP contribution < -0.4 is 5.32 Å². The van der Waals surface area contributed by atoms with Gasteiger partial charge in [-0.15, -0.1) is 11.3 Å². The van der Waals surface area contributed by atoms with Crippen LogP contribution in [-0.4, -0.2) is 6.54 Å². The van der Waals surface area contributed by atoms with Gasteiger partial charge in [0.05, 0.1) is 8.81 Å². The lowest BCUT2D eigenvalue weighted by Crippen LogP contribution is -2.36. The molecule has 1 aromatic heterocycles. The van der Waals surface area contributed by atoms with Gasteiger partial charge in [0.25, 0.3) is 0 Å². The van der Waals surface area contributed by atoms with E-state index in [4.69, 9.17) is 11.6 Å². The van der Waals surface area contributed by atoms with Crippen molar-refractivity contribution in [3.63, 3.8) is 0 Å². The van der Waals surface area contributed by atoms with E-state index in [1.165, 1.54) is 43.4 Å². The number of rotatable bonds is 6. The average Bonchev–Trinajstić information content (AvgIpc) is 2.99. The van der Waals surface area contributed by atoms with Crippen LogP contribution in [0.1, 0.15) is 63.3 Å². The van der Waals surface area contributed by atoms with E-state index in [1.54, 1.807) is 11.3 Å². The Balaban J connectivity index is 2.29. The molecule has 108 valence electrons. The third-order valence-electron chi connectivity index (χ3n) is 4.46. The molecule has 2 rings (SSSR count). The highest BCUT2D eigenvalue weighted by Crippen LogP contribution is 2.52. The highest BCUT2D eigenvalue weighted by Gasteiger charge is 2.41. The lowest BCUT2D eigenvalue weighted by Gasteiger charge is -2.37. The van der Waals surface area contributed by atoms with Crippen molar-refractivity contribution >= 4 is 38.9 Å². The van der Waals surface area contributed by atoms with Crippen molar-refractivity contribution in [2.24, 2.45) is 5.41 Å². The molecule has 0 saturated heterocycles. The van der Waals surface area contributed by atoms with Gasteiger partial charge in [0, 0.05) is 10.9 Å². The van der Waals surface area contributed by atoms with Gasteiger partial charge in [-0.1, -0.05) is 38.3 Å². The molecule has 19 heavy (non-hydrogen) atoms. The monoisotopic (exact) mass is 363 g/mol. The molecule has 0 aromatic carbocycles. The maximum atomic E-state index is 6.24. The van der Waals surface area contributed by atoms with E-state index in [-0.39, 0.29) is 0 Å². The second kappa shape index (κ2) is 6.93. The summed E-state index contributed by atoms with van der Waals surface area (Å²) in [6.45, 7) is 5.66. The third-order valence-corrected chi connectivity index (χ3v) is 7.00. The van der Waals surface area contributed by atoms with Crippen LogP contribution in [0.25, 0.3) is 0 Å². The molecule has 1 N–H and O–H groups in total. The third kappa shape index (κ3) is 3.37. The second-order valence-corrected chi connectivity index (χ2v) is 8.39. The van der Waals surface area contributed by atoms with E-state index in [0.29, 0.717) is 11.5 Å². The van der Waals surface area contributed by atoms with E-state index < -0.39 is 0 Å². The van der Waals surface area contributed by atoms with Crippen LogP contribution in [0.2, 0.25) is 5.02 Å². The van der Waals surface area contributed by atoms with Crippen LogP contribution in [0.4, 0.5) is 0 Å². The molecular formula is C15H23BrClNS. The van der Waals surface area contributed by atoms with Crippen molar-refractivity contribution in [1.82, 2.24) is 5.32 Å². The molecule has 1 nitrogen and oxygen atoms in total. The molecule has 0 radical (unpaired) electrons. The predicted octanol–water partition coefficient (Wildman–Crippen LogP) is 6.18. The second-order valence-electron chi connectivity index (χ2n) is 5.58. The Morgan fingerprint density at radius 3 is 2.58 bits per heavy atom. The van der Waals surface area contributed by atoms with E-state index in [9.17, 15) is 0 Å². The van der Waals surface area contributed by atoms with Gasteiger partial charge in [0.15, 0.2) is 0 Å². The molecule has 0 aliphatic heterocycles. The largest absolute Gasteiger partial charge is 0.309 e. The molecule has 0 bridgehead atoms. The molecule has 1 heterocycles. The molecule has 4 heteroatoms. The number of halogens is 2.